The van der Waals surface area contributed by atoms with Crippen molar-refractivity contribution >= 4 is 12.6 Å². The maximum atomic E-state index is 12.4. The lowest BCUT2D eigenvalue weighted by Crippen LogP contribution is -2.41. The first kappa shape index (κ1) is 16.7. The fraction of sp³-hybridized carbons (Fsp3) is 0.500. The maximum Gasteiger partial charge on any atom is 0.573 e. The van der Waals surface area contributed by atoms with Gasteiger partial charge in [0.15, 0.2) is 0 Å². The SMILES string of the molecule is CC1(C)OB(c2ccc(C#N)c(OC(F)(F)F)c2)OC1(C)C. The standard InChI is InChI=1S/C14H15BF3NO3/c1-12(2)13(3,4)22-15(21-12)10-6-5-9(8-19)11(7-10)20-14(16,17)18/h5-7H,1-4H3. The van der Waals surface area contributed by atoms with E-state index in [4.69, 9.17) is 14.6 Å². The summed E-state index contributed by atoms with van der Waals surface area (Å²) in [5.74, 6) is -0.567. The van der Waals surface area contributed by atoms with Crippen LogP contribution in [0.3, 0.4) is 0 Å². The summed E-state index contributed by atoms with van der Waals surface area (Å²) in [6.45, 7) is 7.35. The highest BCUT2D eigenvalue weighted by molar-refractivity contribution is 6.62. The number of nitriles is 1. The normalized spacial score (nSPS) is 19.8. The molecule has 1 saturated heterocycles. The molecular formula is C14H15BF3NO3. The zero-order valence-corrected chi connectivity index (χ0v) is 12.6. The number of nitrogens with zero attached hydrogens (tertiary/aromatic N) is 1. The largest absolute Gasteiger partial charge is 0.573 e. The summed E-state index contributed by atoms with van der Waals surface area (Å²) < 4.78 is 52.7. The fourth-order valence-corrected chi connectivity index (χ4v) is 1.97. The van der Waals surface area contributed by atoms with Crippen molar-refractivity contribution in [2.24, 2.45) is 0 Å². The Morgan fingerprint density at radius 2 is 1.68 bits per heavy atom. The average Bonchev–Trinajstić information content (AvgIpc) is 2.56. The Balaban J connectivity index is 2.35. The minimum atomic E-state index is -4.87. The average molecular weight is 313 g/mol. The van der Waals surface area contributed by atoms with Gasteiger partial charge in [0.25, 0.3) is 0 Å². The van der Waals surface area contributed by atoms with Crippen molar-refractivity contribution in [2.75, 3.05) is 0 Å². The Bertz CT molecular complexity index is 607. The molecule has 2 rings (SSSR count). The Morgan fingerprint density at radius 3 is 2.14 bits per heavy atom. The number of benzene rings is 1. The molecule has 0 N–H and O–H groups in total. The lowest BCUT2D eigenvalue weighted by molar-refractivity contribution is -0.274. The third-order valence-corrected chi connectivity index (χ3v) is 3.88. The number of ether oxygens (including phenoxy) is 1. The molecule has 1 aliphatic rings. The van der Waals surface area contributed by atoms with Crippen LogP contribution in [0.1, 0.15) is 33.3 Å². The highest BCUT2D eigenvalue weighted by Crippen LogP contribution is 2.37. The molecule has 8 heteroatoms. The monoisotopic (exact) mass is 313 g/mol. The molecule has 0 unspecified atom stereocenters. The minimum absolute atomic E-state index is 0.211. The van der Waals surface area contributed by atoms with Crippen LogP contribution in [-0.2, 0) is 9.31 Å². The first-order valence-electron chi connectivity index (χ1n) is 6.61. The van der Waals surface area contributed by atoms with Gasteiger partial charge in [-0.25, -0.2) is 0 Å². The molecule has 0 radical (unpaired) electrons. The predicted octanol–water partition coefficient (Wildman–Crippen LogP) is 2.76. The number of alkyl halides is 3. The van der Waals surface area contributed by atoms with Crippen LogP contribution in [0, 0.1) is 11.3 Å². The van der Waals surface area contributed by atoms with Crippen molar-refractivity contribution in [3.8, 4) is 11.8 Å². The minimum Gasteiger partial charge on any atom is -0.404 e. The van der Waals surface area contributed by atoms with Gasteiger partial charge in [-0.3, -0.25) is 0 Å². The number of hydrogen-bond acceptors (Lipinski definition) is 4. The molecule has 1 aromatic carbocycles. The molecule has 1 heterocycles. The van der Waals surface area contributed by atoms with E-state index in [1.54, 1.807) is 6.07 Å². The van der Waals surface area contributed by atoms with Gasteiger partial charge < -0.3 is 14.0 Å². The molecular weight excluding hydrogens is 298 g/mol. The zero-order valence-electron chi connectivity index (χ0n) is 12.6. The second-order valence-electron chi connectivity index (χ2n) is 6.00. The summed E-state index contributed by atoms with van der Waals surface area (Å²) in [6.07, 6.45) is -4.87. The first-order chi connectivity index (χ1) is 9.95. The molecule has 0 amide bonds. The van der Waals surface area contributed by atoms with Gasteiger partial charge in [0.2, 0.25) is 0 Å². The van der Waals surface area contributed by atoms with Gasteiger partial charge >= 0.3 is 13.5 Å². The Kier molecular flexibility index (Phi) is 3.92. The van der Waals surface area contributed by atoms with E-state index in [-0.39, 0.29) is 5.56 Å². The van der Waals surface area contributed by atoms with E-state index in [1.807, 2.05) is 27.7 Å². The number of rotatable bonds is 2. The third kappa shape index (κ3) is 3.21. The summed E-state index contributed by atoms with van der Waals surface area (Å²) in [7, 11) is -0.826. The van der Waals surface area contributed by atoms with Gasteiger partial charge in [-0.1, -0.05) is 6.07 Å². The third-order valence-electron chi connectivity index (χ3n) is 3.88. The molecule has 22 heavy (non-hydrogen) atoms. The van der Waals surface area contributed by atoms with E-state index in [0.717, 1.165) is 6.07 Å². The van der Waals surface area contributed by atoms with Crippen LogP contribution in [0.25, 0.3) is 0 Å². The molecule has 0 spiro atoms. The second-order valence-corrected chi connectivity index (χ2v) is 6.00. The van der Waals surface area contributed by atoms with Gasteiger partial charge in [-0.2, -0.15) is 5.26 Å². The topological polar surface area (TPSA) is 51.5 Å². The maximum absolute atomic E-state index is 12.4. The van der Waals surface area contributed by atoms with Gasteiger partial charge in [0.05, 0.1) is 16.8 Å². The number of halogens is 3. The molecule has 1 aliphatic heterocycles. The van der Waals surface area contributed by atoms with Crippen LogP contribution >= 0.6 is 0 Å². The zero-order chi connectivity index (χ0) is 16.8. The molecule has 0 bridgehead atoms. The second kappa shape index (κ2) is 5.18. The smallest absolute Gasteiger partial charge is 0.404 e. The summed E-state index contributed by atoms with van der Waals surface area (Å²) in [6, 6.07) is 5.52. The molecule has 4 nitrogen and oxygen atoms in total. The Morgan fingerprint density at radius 1 is 1.14 bits per heavy atom. The molecule has 1 fully saturated rings. The van der Waals surface area contributed by atoms with Crippen molar-refractivity contribution < 1.29 is 27.2 Å². The Labute approximate surface area is 126 Å². The highest BCUT2D eigenvalue weighted by atomic mass is 19.4. The van der Waals surface area contributed by atoms with Crippen molar-refractivity contribution in [3.63, 3.8) is 0 Å². The van der Waals surface area contributed by atoms with E-state index in [0.29, 0.717) is 5.46 Å². The van der Waals surface area contributed by atoms with Gasteiger partial charge in [0.1, 0.15) is 11.8 Å². The summed E-state index contributed by atoms with van der Waals surface area (Å²) >= 11 is 0. The molecule has 118 valence electrons. The fourth-order valence-electron chi connectivity index (χ4n) is 1.97. The molecule has 0 aromatic heterocycles. The summed E-state index contributed by atoms with van der Waals surface area (Å²) in [5, 5.41) is 8.88. The van der Waals surface area contributed by atoms with E-state index in [1.165, 1.54) is 12.1 Å². The van der Waals surface area contributed by atoms with Crippen LogP contribution in [-0.4, -0.2) is 24.7 Å². The van der Waals surface area contributed by atoms with Crippen LogP contribution in [0.2, 0.25) is 0 Å². The molecule has 0 atom stereocenters. The van der Waals surface area contributed by atoms with E-state index >= 15 is 0 Å². The lowest BCUT2D eigenvalue weighted by atomic mass is 9.78. The van der Waals surface area contributed by atoms with Crippen LogP contribution in [0.15, 0.2) is 18.2 Å². The van der Waals surface area contributed by atoms with Crippen LogP contribution < -0.4 is 10.2 Å². The molecule has 0 aliphatic carbocycles. The highest BCUT2D eigenvalue weighted by Gasteiger charge is 2.51. The molecule has 0 saturated carbocycles. The van der Waals surface area contributed by atoms with Gasteiger partial charge in [-0.15, -0.1) is 13.2 Å². The van der Waals surface area contributed by atoms with E-state index in [2.05, 4.69) is 4.74 Å². The van der Waals surface area contributed by atoms with E-state index in [9.17, 15) is 13.2 Å². The van der Waals surface area contributed by atoms with Gasteiger partial charge in [-0.05, 0) is 45.3 Å². The quantitative estimate of drug-likeness (QED) is 0.788. The Hall–Kier alpha value is -1.72. The summed E-state index contributed by atoms with van der Waals surface area (Å²) in [5.41, 5.74) is -1.08. The summed E-state index contributed by atoms with van der Waals surface area (Å²) in [4.78, 5) is 0. The number of hydrogen-bond donors (Lipinski definition) is 0. The van der Waals surface area contributed by atoms with Gasteiger partial charge in [0, 0.05) is 0 Å². The van der Waals surface area contributed by atoms with Crippen molar-refractivity contribution in [1.82, 2.24) is 0 Å². The van der Waals surface area contributed by atoms with Crippen LogP contribution in [0.5, 0.6) is 5.75 Å². The van der Waals surface area contributed by atoms with Crippen molar-refractivity contribution in [3.05, 3.63) is 23.8 Å². The predicted molar refractivity (Wildman–Crippen MR) is 73.6 cm³/mol. The molecule has 1 aromatic rings. The van der Waals surface area contributed by atoms with Crippen LogP contribution in [0.4, 0.5) is 13.2 Å². The lowest BCUT2D eigenvalue weighted by Gasteiger charge is -2.32. The van der Waals surface area contributed by atoms with Crippen molar-refractivity contribution in [2.45, 2.75) is 45.3 Å². The van der Waals surface area contributed by atoms with Crippen molar-refractivity contribution in [1.29, 1.82) is 5.26 Å². The first-order valence-corrected chi connectivity index (χ1v) is 6.61. The van der Waals surface area contributed by atoms with E-state index < -0.39 is 30.4 Å².